The quantitative estimate of drug-likeness (QED) is 0.866. The molecule has 1 fully saturated rings. The van der Waals surface area contributed by atoms with Crippen molar-refractivity contribution in [1.82, 2.24) is 4.90 Å². The monoisotopic (exact) mass is 311 g/mol. The number of hydrogen-bond acceptors (Lipinski definition) is 2. The molecule has 1 saturated carbocycles. The Labute approximate surface area is 132 Å². The summed E-state index contributed by atoms with van der Waals surface area (Å²) in [6.45, 7) is 0.360. The molecule has 0 spiro atoms. The molecule has 4 heteroatoms. The van der Waals surface area contributed by atoms with Gasteiger partial charge in [0.05, 0.1) is 0 Å². The first-order chi connectivity index (χ1) is 10.1. The molecule has 2 rings (SSSR count). The Hall–Kier alpha value is -1.06. The van der Waals surface area contributed by atoms with E-state index in [1.54, 1.807) is 14.1 Å². The molecule has 3 nitrogen and oxygen atoms in total. The summed E-state index contributed by atoms with van der Waals surface area (Å²) in [5.41, 5.74) is 1.27. The third-order valence-electron chi connectivity index (χ3n) is 3.90. The number of hydrogen-bond donors (Lipinski definition) is 1. The summed E-state index contributed by atoms with van der Waals surface area (Å²) in [5.74, 6) is 1.30. The van der Waals surface area contributed by atoms with Crippen LogP contribution in [0, 0.1) is 11.8 Å². The van der Waals surface area contributed by atoms with Crippen LogP contribution in [-0.2, 0) is 11.2 Å². The van der Waals surface area contributed by atoms with Crippen LogP contribution in [0.5, 0.6) is 0 Å². The van der Waals surface area contributed by atoms with Gasteiger partial charge in [-0.3, -0.25) is 4.79 Å². The number of halogens is 1. The Balaban J connectivity index is 0.000000383. The van der Waals surface area contributed by atoms with Gasteiger partial charge in [-0.1, -0.05) is 29.8 Å². The van der Waals surface area contributed by atoms with Crippen LogP contribution < -0.4 is 0 Å². The molecule has 1 aromatic rings. The minimum Gasteiger partial charge on any atom is -0.396 e. The molecule has 1 aliphatic rings. The van der Waals surface area contributed by atoms with Crippen molar-refractivity contribution in [3.05, 3.63) is 34.9 Å². The van der Waals surface area contributed by atoms with Gasteiger partial charge in [0.2, 0.25) is 6.41 Å². The second kappa shape index (κ2) is 9.80. The highest BCUT2D eigenvalue weighted by Gasteiger charge is 2.21. The number of benzene rings is 1. The van der Waals surface area contributed by atoms with Crippen LogP contribution in [0.25, 0.3) is 0 Å². The van der Waals surface area contributed by atoms with E-state index in [2.05, 4.69) is 12.1 Å². The van der Waals surface area contributed by atoms with Gasteiger partial charge in [-0.25, -0.2) is 0 Å². The number of aliphatic hydroxyl groups is 1. The van der Waals surface area contributed by atoms with Crippen LogP contribution in [-0.4, -0.2) is 37.1 Å². The second-order valence-electron chi connectivity index (χ2n) is 5.93. The zero-order chi connectivity index (χ0) is 15.7. The Morgan fingerprint density at radius 1 is 1.19 bits per heavy atom. The van der Waals surface area contributed by atoms with Crippen LogP contribution >= 0.6 is 11.6 Å². The lowest BCUT2D eigenvalue weighted by Crippen LogP contribution is -2.18. The van der Waals surface area contributed by atoms with E-state index in [0.29, 0.717) is 12.5 Å². The second-order valence-corrected chi connectivity index (χ2v) is 6.34. The van der Waals surface area contributed by atoms with Gasteiger partial charge in [0.15, 0.2) is 0 Å². The summed E-state index contributed by atoms with van der Waals surface area (Å²) in [6.07, 6.45) is 6.65. The fourth-order valence-corrected chi connectivity index (χ4v) is 2.81. The maximum absolute atomic E-state index is 9.43. The van der Waals surface area contributed by atoms with Crippen molar-refractivity contribution in [3.8, 4) is 0 Å². The maximum Gasteiger partial charge on any atom is 0.209 e. The third-order valence-corrected chi connectivity index (χ3v) is 4.27. The van der Waals surface area contributed by atoms with E-state index >= 15 is 0 Å². The Morgan fingerprint density at radius 3 is 2.19 bits per heavy atom. The Morgan fingerprint density at radius 2 is 1.71 bits per heavy atom. The molecule has 0 atom stereocenters. The summed E-state index contributed by atoms with van der Waals surface area (Å²) in [7, 11) is 3.38. The fourth-order valence-electron chi connectivity index (χ4n) is 2.59. The molecule has 0 unspecified atom stereocenters. The summed E-state index contributed by atoms with van der Waals surface area (Å²) < 4.78 is 0. The molecule has 1 aliphatic carbocycles. The zero-order valence-electron chi connectivity index (χ0n) is 13.0. The number of aliphatic hydroxyl groups excluding tert-OH is 1. The largest absolute Gasteiger partial charge is 0.396 e. The average molecular weight is 312 g/mol. The number of carbonyl (C=O) groups is 1. The van der Waals surface area contributed by atoms with Gasteiger partial charge >= 0.3 is 0 Å². The topological polar surface area (TPSA) is 40.5 Å². The summed E-state index contributed by atoms with van der Waals surface area (Å²) >= 11 is 6.16. The molecule has 1 aromatic carbocycles. The van der Waals surface area contributed by atoms with Crippen molar-refractivity contribution in [2.24, 2.45) is 11.8 Å². The summed E-state index contributed by atoms with van der Waals surface area (Å²) in [6, 6.07) is 8.13. The normalized spacial score (nSPS) is 21.1. The molecular formula is C17H26ClNO2. The van der Waals surface area contributed by atoms with E-state index in [9.17, 15) is 4.79 Å². The number of carbonyl (C=O) groups excluding carboxylic acids is 1. The molecule has 1 amide bonds. The molecule has 0 saturated heterocycles. The van der Waals surface area contributed by atoms with Gasteiger partial charge in [-0.05, 0) is 55.6 Å². The van der Waals surface area contributed by atoms with Crippen LogP contribution in [0.15, 0.2) is 24.3 Å². The first-order valence-corrected chi connectivity index (χ1v) is 7.90. The minimum absolute atomic E-state index is 0.360. The molecule has 1 N–H and O–H groups in total. The predicted octanol–water partition coefficient (Wildman–Crippen LogP) is 3.39. The van der Waals surface area contributed by atoms with Gasteiger partial charge in [-0.15, -0.1) is 0 Å². The fraction of sp³-hybridized carbons (Fsp3) is 0.588. The first-order valence-electron chi connectivity index (χ1n) is 7.52. The molecule has 0 aliphatic heterocycles. The predicted molar refractivity (Wildman–Crippen MR) is 87.4 cm³/mol. The van der Waals surface area contributed by atoms with E-state index in [4.69, 9.17) is 16.7 Å². The molecule has 118 valence electrons. The van der Waals surface area contributed by atoms with E-state index in [1.807, 2.05) is 12.1 Å². The van der Waals surface area contributed by atoms with Crippen molar-refractivity contribution in [2.45, 2.75) is 32.1 Å². The molecule has 0 bridgehead atoms. The molecule has 0 aromatic heterocycles. The highest BCUT2D eigenvalue weighted by Crippen LogP contribution is 2.32. The van der Waals surface area contributed by atoms with Crippen LogP contribution in [0.3, 0.4) is 0 Å². The Bertz CT molecular complexity index is 415. The van der Waals surface area contributed by atoms with Crippen molar-refractivity contribution in [2.75, 3.05) is 20.7 Å². The minimum atomic E-state index is 0.360. The lowest BCUT2D eigenvalue weighted by Gasteiger charge is -2.27. The van der Waals surface area contributed by atoms with Crippen molar-refractivity contribution in [3.63, 3.8) is 0 Å². The smallest absolute Gasteiger partial charge is 0.209 e. The van der Waals surface area contributed by atoms with Gasteiger partial charge in [0, 0.05) is 25.7 Å². The maximum atomic E-state index is 9.43. The standard InChI is InChI=1S/C14H19ClO.C3H7NO/c15-14-4-2-1-3-13(14)9-11-5-7-12(10-16)8-6-11;1-4(2)3-5/h1-4,11-12,16H,5-10H2;3H,1-2H3. The Kier molecular flexibility index (Phi) is 8.40. The van der Waals surface area contributed by atoms with E-state index in [-0.39, 0.29) is 0 Å². The van der Waals surface area contributed by atoms with Gasteiger partial charge in [-0.2, -0.15) is 0 Å². The summed E-state index contributed by atoms with van der Waals surface area (Å²) in [5, 5.41) is 9.99. The van der Waals surface area contributed by atoms with Crippen LogP contribution in [0.2, 0.25) is 5.02 Å². The van der Waals surface area contributed by atoms with Crippen LogP contribution in [0.4, 0.5) is 0 Å². The van der Waals surface area contributed by atoms with Crippen molar-refractivity contribution in [1.29, 1.82) is 0 Å². The zero-order valence-corrected chi connectivity index (χ0v) is 13.7. The van der Waals surface area contributed by atoms with E-state index in [0.717, 1.165) is 23.8 Å². The number of nitrogens with zero attached hydrogens (tertiary/aromatic N) is 1. The third kappa shape index (κ3) is 6.96. The van der Waals surface area contributed by atoms with Gasteiger partial charge < -0.3 is 10.0 Å². The van der Waals surface area contributed by atoms with Crippen molar-refractivity contribution >= 4 is 18.0 Å². The average Bonchev–Trinajstić information content (AvgIpc) is 2.51. The highest BCUT2D eigenvalue weighted by molar-refractivity contribution is 6.31. The van der Waals surface area contributed by atoms with Gasteiger partial charge in [0.25, 0.3) is 0 Å². The number of amides is 1. The van der Waals surface area contributed by atoms with Crippen LogP contribution in [0.1, 0.15) is 31.2 Å². The number of rotatable bonds is 4. The molecule has 21 heavy (non-hydrogen) atoms. The highest BCUT2D eigenvalue weighted by atomic mass is 35.5. The SMILES string of the molecule is CN(C)C=O.OCC1CCC(Cc2ccccc2Cl)CC1. The van der Waals surface area contributed by atoms with E-state index < -0.39 is 0 Å². The van der Waals surface area contributed by atoms with Gasteiger partial charge in [0.1, 0.15) is 0 Å². The molecule has 0 heterocycles. The first kappa shape index (κ1) is 18.0. The molecule has 0 radical (unpaired) electrons. The molecular weight excluding hydrogens is 286 g/mol. The lowest BCUT2D eigenvalue weighted by atomic mass is 9.79. The lowest BCUT2D eigenvalue weighted by molar-refractivity contribution is -0.115. The van der Waals surface area contributed by atoms with E-state index in [1.165, 1.54) is 36.1 Å². The summed E-state index contributed by atoms with van der Waals surface area (Å²) in [4.78, 5) is 10.9. The van der Waals surface area contributed by atoms with Crippen molar-refractivity contribution < 1.29 is 9.90 Å².